The lowest BCUT2D eigenvalue weighted by molar-refractivity contribution is 0.0782. The minimum atomic E-state index is -0.0100. The molecule has 1 aromatic heterocycles. The quantitative estimate of drug-likeness (QED) is 0.851. The first-order chi connectivity index (χ1) is 11.2. The molecule has 9 heteroatoms. The van der Waals surface area contributed by atoms with Gasteiger partial charge in [0, 0.05) is 24.0 Å². The molecule has 0 spiro atoms. The Labute approximate surface area is 162 Å². The maximum absolute atomic E-state index is 12.5. The van der Waals surface area contributed by atoms with Gasteiger partial charge in [-0.25, -0.2) is 4.98 Å². The van der Waals surface area contributed by atoms with Gasteiger partial charge in [-0.2, -0.15) is 0 Å². The van der Waals surface area contributed by atoms with Crippen LogP contribution in [0.3, 0.4) is 0 Å². The van der Waals surface area contributed by atoms with E-state index < -0.39 is 0 Å². The van der Waals surface area contributed by atoms with Crippen molar-refractivity contribution >= 4 is 42.1 Å². The van der Waals surface area contributed by atoms with Gasteiger partial charge in [0.2, 0.25) is 6.79 Å². The molecule has 2 aliphatic rings. The summed E-state index contributed by atoms with van der Waals surface area (Å²) in [7, 11) is 0. The maximum atomic E-state index is 12.5. The van der Waals surface area contributed by atoms with Crippen molar-refractivity contribution < 1.29 is 14.3 Å². The third-order valence-electron chi connectivity index (χ3n) is 4.25. The molecular formula is C16H19Cl2N3O3S. The number of carbonyl (C=O) groups is 1. The van der Waals surface area contributed by atoms with Crippen molar-refractivity contribution in [2.45, 2.75) is 6.42 Å². The van der Waals surface area contributed by atoms with Crippen molar-refractivity contribution in [3.8, 4) is 22.1 Å². The predicted octanol–water partition coefficient (Wildman–Crippen LogP) is 2.80. The summed E-state index contributed by atoms with van der Waals surface area (Å²) in [4.78, 5) is 18.9. The van der Waals surface area contributed by atoms with Gasteiger partial charge in [-0.1, -0.05) is 0 Å². The van der Waals surface area contributed by atoms with Crippen LogP contribution in [0.25, 0.3) is 10.6 Å². The van der Waals surface area contributed by atoms with Crippen LogP contribution in [0, 0.1) is 5.92 Å². The van der Waals surface area contributed by atoms with E-state index in [9.17, 15) is 4.79 Å². The van der Waals surface area contributed by atoms with Crippen LogP contribution >= 0.6 is 36.2 Å². The predicted molar refractivity (Wildman–Crippen MR) is 101 cm³/mol. The van der Waals surface area contributed by atoms with Crippen molar-refractivity contribution in [2.75, 3.05) is 26.4 Å². The van der Waals surface area contributed by atoms with E-state index in [0.29, 0.717) is 18.2 Å². The van der Waals surface area contributed by atoms with Crippen LogP contribution in [0.4, 0.5) is 0 Å². The van der Waals surface area contributed by atoms with Crippen LogP contribution in [-0.4, -0.2) is 42.2 Å². The minimum Gasteiger partial charge on any atom is -0.454 e. The van der Waals surface area contributed by atoms with Gasteiger partial charge in [-0.15, -0.1) is 36.2 Å². The van der Waals surface area contributed by atoms with Crippen LogP contribution in [-0.2, 0) is 0 Å². The Hall–Kier alpha value is -1.54. The van der Waals surface area contributed by atoms with Gasteiger partial charge in [-0.05, 0) is 37.1 Å². The highest BCUT2D eigenvalue weighted by molar-refractivity contribution is 7.13. The van der Waals surface area contributed by atoms with Crippen LogP contribution in [0.5, 0.6) is 11.5 Å². The highest BCUT2D eigenvalue weighted by Crippen LogP contribution is 2.36. The molecule has 0 radical (unpaired) electrons. The number of nitrogens with two attached hydrogens (primary N) is 1. The second-order valence-corrected chi connectivity index (χ2v) is 6.61. The molecule has 0 aliphatic carbocycles. The van der Waals surface area contributed by atoms with Crippen molar-refractivity contribution in [1.82, 2.24) is 9.88 Å². The average molecular weight is 404 g/mol. The number of hydrogen-bond acceptors (Lipinski definition) is 6. The molecule has 4 rings (SSSR count). The zero-order valence-electron chi connectivity index (χ0n) is 13.3. The Bertz CT molecular complexity index is 756. The summed E-state index contributed by atoms with van der Waals surface area (Å²) in [6.07, 6.45) is 0.974. The number of rotatable bonds is 3. The molecule has 6 nitrogen and oxygen atoms in total. The second kappa shape index (κ2) is 8.23. The molecule has 0 saturated carbocycles. The molecule has 1 atom stereocenters. The summed E-state index contributed by atoms with van der Waals surface area (Å²) in [5.74, 6) is 1.86. The number of benzene rings is 1. The first-order valence-corrected chi connectivity index (χ1v) is 8.47. The Morgan fingerprint density at radius 3 is 2.88 bits per heavy atom. The molecule has 1 aromatic carbocycles. The number of carbonyl (C=O) groups excluding carboxylic acids is 1. The highest BCUT2D eigenvalue weighted by Gasteiger charge is 2.27. The van der Waals surface area contributed by atoms with E-state index in [1.807, 2.05) is 28.5 Å². The van der Waals surface area contributed by atoms with Gasteiger partial charge >= 0.3 is 0 Å². The molecular weight excluding hydrogens is 385 g/mol. The summed E-state index contributed by atoms with van der Waals surface area (Å²) >= 11 is 1.46. The molecule has 3 heterocycles. The van der Waals surface area contributed by atoms with Crippen LogP contribution in [0.1, 0.15) is 16.9 Å². The van der Waals surface area contributed by atoms with Crippen LogP contribution < -0.4 is 15.2 Å². The smallest absolute Gasteiger partial charge is 0.273 e. The van der Waals surface area contributed by atoms with E-state index in [1.54, 1.807) is 0 Å². The Morgan fingerprint density at radius 1 is 1.32 bits per heavy atom. The zero-order valence-corrected chi connectivity index (χ0v) is 15.8. The summed E-state index contributed by atoms with van der Waals surface area (Å²) in [6.45, 7) is 2.37. The fraction of sp³-hybridized carbons (Fsp3) is 0.375. The number of ether oxygens (including phenoxy) is 2. The molecule has 25 heavy (non-hydrogen) atoms. The number of amides is 1. The first kappa shape index (κ1) is 19.8. The van der Waals surface area contributed by atoms with Gasteiger partial charge in [0.1, 0.15) is 10.7 Å². The number of thiazole rings is 1. The van der Waals surface area contributed by atoms with Gasteiger partial charge in [0.25, 0.3) is 5.91 Å². The number of fused-ring (bicyclic) bond motifs is 1. The van der Waals surface area contributed by atoms with Crippen LogP contribution in [0.15, 0.2) is 23.6 Å². The topological polar surface area (TPSA) is 77.7 Å². The first-order valence-electron chi connectivity index (χ1n) is 7.59. The number of likely N-dealkylation sites (tertiary alicyclic amines) is 1. The SMILES string of the molecule is Cl.Cl.NCC1CCN(C(=O)c2csc(-c3ccc4c(c3)OCO4)n2)C1. The van der Waals surface area contributed by atoms with Gasteiger partial charge in [0.05, 0.1) is 0 Å². The van der Waals surface area contributed by atoms with Crippen LogP contribution in [0.2, 0.25) is 0 Å². The standard InChI is InChI=1S/C16H17N3O3S.2ClH/c17-6-10-3-4-19(7-10)16(20)12-8-23-15(18-12)11-1-2-13-14(5-11)22-9-21-13;;/h1-2,5,8,10H,3-4,6-7,9,17H2;2*1H. The summed E-state index contributed by atoms with van der Waals surface area (Å²) < 4.78 is 10.7. The Kier molecular flexibility index (Phi) is 6.51. The number of aromatic nitrogens is 1. The van der Waals surface area contributed by atoms with Crippen molar-refractivity contribution in [2.24, 2.45) is 11.7 Å². The summed E-state index contributed by atoms with van der Waals surface area (Å²) in [6, 6.07) is 5.70. The van der Waals surface area contributed by atoms with Gasteiger partial charge in [-0.3, -0.25) is 4.79 Å². The summed E-state index contributed by atoms with van der Waals surface area (Å²) in [5.41, 5.74) is 7.12. The third-order valence-corrected chi connectivity index (χ3v) is 5.14. The summed E-state index contributed by atoms with van der Waals surface area (Å²) in [5, 5.41) is 2.62. The lowest BCUT2D eigenvalue weighted by Gasteiger charge is -2.14. The largest absolute Gasteiger partial charge is 0.454 e. The van der Waals surface area contributed by atoms with E-state index >= 15 is 0 Å². The molecule has 2 aromatic rings. The number of hydrogen-bond donors (Lipinski definition) is 1. The minimum absolute atomic E-state index is 0. The molecule has 1 saturated heterocycles. The lowest BCUT2D eigenvalue weighted by atomic mass is 10.1. The number of halogens is 2. The number of nitrogens with zero attached hydrogens (tertiary/aromatic N) is 2. The second-order valence-electron chi connectivity index (χ2n) is 5.75. The lowest BCUT2D eigenvalue weighted by Crippen LogP contribution is -2.30. The zero-order chi connectivity index (χ0) is 15.8. The monoisotopic (exact) mass is 403 g/mol. The van der Waals surface area contributed by atoms with E-state index in [0.717, 1.165) is 41.6 Å². The molecule has 2 aliphatic heterocycles. The van der Waals surface area contributed by atoms with E-state index in [4.69, 9.17) is 15.2 Å². The van der Waals surface area contributed by atoms with Gasteiger partial charge in [0.15, 0.2) is 11.5 Å². The van der Waals surface area contributed by atoms with Crippen molar-refractivity contribution in [3.63, 3.8) is 0 Å². The highest BCUT2D eigenvalue weighted by atomic mass is 35.5. The Morgan fingerprint density at radius 2 is 2.12 bits per heavy atom. The normalized spacial score (nSPS) is 17.8. The van der Waals surface area contributed by atoms with Crippen molar-refractivity contribution in [1.29, 1.82) is 0 Å². The maximum Gasteiger partial charge on any atom is 0.273 e. The van der Waals surface area contributed by atoms with Crippen molar-refractivity contribution in [3.05, 3.63) is 29.3 Å². The average Bonchev–Trinajstić information content (AvgIpc) is 3.32. The molecule has 1 amide bonds. The molecule has 1 fully saturated rings. The fourth-order valence-corrected chi connectivity index (χ4v) is 3.70. The Balaban J connectivity index is 0.00000113. The molecule has 136 valence electrons. The van der Waals surface area contributed by atoms with E-state index in [2.05, 4.69) is 4.98 Å². The molecule has 0 bridgehead atoms. The third kappa shape index (κ3) is 3.84. The van der Waals surface area contributed by atoms with E-state index in [1.165, 1.54) is 11.3 Å². The van der Waals surface area contributed by atoms with E-state index in [-0.39, 0.29) is 37.5 Å². The van der Waals surface area contributed by atoms with Gasteiger partial charge < -0.3 is 20.1 Å². The molecule has 1 unspecified atom stereocenters. The fourth-order valence-electron chi connectivity index (χ4n) is 2.91. The molecule has 2 N–H and O–H groups in total.